The van der Waals surface area contributed by atoms with Crippen LogP contribution in [0, 0.1) is 5.92 Å². The first-order valence-corrected chi connectivity index (χ1v) is 15.2. The summed E-state index contributed by atoms with van der Waals surface area (Å²) in [7, 11) is 4.62. The maximum Gasteiger partial charge on any atom is 0.349 e. The number of rotatable bonds is 12. The summed E-state index contributed by atoms with van der Waals surface area (Å²) in [5.41, 5.74) is 1.88. The van der Waals surface area contributed by atoms with Crippen molar-refractivity contribution in [3.63, 3.8) is 0 Å². The predicted molar refractivity (Wildman–Crippen MR) is 167 cm³/mol. The molecule has 0 radical (unpaired) electrons. The van der Waals surface area contributed by atoms with Crippen LogP contribution in [0.15, 0.2) is 84.9 Å². The standard InChI is InChI=1S/C18H14O8.C17H26ClN/c19-15(20)13(25-17(23)11-7-3-1-4-8-11)14(16(21)22)26-18(24)12-9-5-2-6-10-12;1-13(2)12-16(19(3)4)17(10-5-11-17)14-6-8-15(18)9-7-14/h1-10,13-14H,(H,19,20)(H,21,22);6-9,13,16H,5,10-12H2,1-4H3/t13-,14-;16-/m00/s1. The number of carboxylic acids is 2. The summed E-state index contributed by atoms with van der Waals surface area (Å²) < 4.78 is 9.42. The van der Waals surface area contributed by atoms with Crippen LogP contribution in [-0.2, 0) is 24.5 Å². The van der Waals surface area contributed by atoms with Crippen molar-refractivity contribution in [2.75, 3.05) is 14.1 Å². The van der Waals surface area contributed by atoms with Gasteiger partial charge in [-0.2, -0.15) is 0 Å². The van der Waals surface area contributed by atoms with Crippen molar-refractivity contribution in [3.8, 4) is 0 Å². The molecule has 0 aliphatic heterocycles. The lowest BCUT2D eigenvalue weighted by atomic mass is 9.58. The third kappa shape index (κ3) is 9.39. The van der Waals surface area contributed by atoms with Crippen LogP contribution in [0.25, 0.3) is 0 Å². The molecule has 3 aromatic carbocycles. The first kappa shape index (κ1) is 35.3. The van der Waals surface area contributed by atoms with Gasteiger partial charge in [0.05, 0.1) is 37.2 Å². The van der Waals surface area contributed by atoms with Crippen molar-refractivity contribution in [2.45, 2.75) is 63.2 Å². The van der Waals surface area contributed by atoms with Crippen LogP contribution >= 0.6 is 11.6 Å². The van der Waals surface area contributed by atoms with E-state index in [1.54, 1.807) is 17.0 Å². The van der Waals surface area contributed by atoms with Gasteiger partial charge in [-0.1, -0.05) is 80.4 Å². The number of quaternary nitrogens is 1. The fourth-order valence-electron chi connectivity index (χ4n) is 5.65. The Morgan fingerprint density at radius 3 is 1.64 bits per heavy atom. The lowest BCUT2D eigenvalue weighted by molar-refractivity contribution is -0.893. The quantitative estimate of drug-likeness (QED) is 0.288. The number of nitrogens with one attached hydrogen (secondary N) is 1. The minimum absolute atomic E-state index is 0.00252. The second-order valence-electron chi connectivity index (χ2n) is 11.8. The zero-order valence-electron chi connectivity index (χ0n) is 25.9. The van der Waals surface area contributed by atoms with Crippen LogP contribution in [0.2, 0.25) is 5.02 Å². The molecule has 0 amide bonds. The molecule has 0 aromatic heterocycles. The number of halogens is 1. The van der Waals surface area contributed by atoms with Gasteiger partial charge in [-0.25, -0.2) is 14.4 Å². The number of likely N-dealkylation sites (N-methyl/N-ethyl adjacent to an activating group) is 1. The van der Waals surface area contributed by atoms with Gasteiger partial charge in [0.15, 0.2) is 6.10 Å². The molecule has 0 bridgehead atoms. The average molecular weight is 638 g/mol. The molecule has 1 fully saturated rings. The zero-order valence-corrected chi connectivity index (χ0v) is 26.7. The number of carboxylic acid groups (broad SMARTS) is 2. The van der Waals surface area contributed by atoms with Gasteiger partial charge in [0.1, 0.15) is 0 Å². The summed E-state index contributed by atoms with van der Waals surface area (Å²) >= 11 is 6.04. The summed E-state index contributed by atoms with van der Waals surface area (Å²) in [4.78, 5) is 48.2. The largest absolute Gasteiger partial charge is 0.546 e. The van der Waals surface area contributed by atoms with E-state index >= 15 is 0 Å². The number of esters is 2. The minimum atomic E-state index is -2.33. The smallest absolute Gasteiger partial charge is 0.349 e. The summed E-state index contributed by atoms with van der Waals surface area (Å²) in [6.07, 6.45) is 0.720. The lowest BCUT2D eigenvalue weighted by Crippen LogP contribution is -3.12. The van der Waals surface area contributed by atoms with Crippen molar-refractivity contribution in [3.05, 3.63) is 107 Å². The van der Waals surface area contributed by atoms with Crippen LogP contribution in [0.3, 0.4) is 0 Å². The van der Waals surface area contributed by atoms with Crippen LogP contribution in [0.5, 0.6) is 0 Å². The van der Waals surface area contributed by atoms with E-state index in [0.717, 1.165) is 10.9 Å². The molecular formula is C35H40ClNO8. The summed E-state index contributed by atoms with van der Waals surface area (Å²) in [5, 5.41) is 21.3. The van der Waals surface area contributed by atoms with Gasteiger partial charge in [0.25, 0.3) is 0 Å². The normalized spacial score (nSPS) is 15.4. The monoisotopic (exact) mass is 637 g/mol. The third-order valence-electron chi connectivity index (χ3n) is 7.97. The minimum Gasteiger partial charge on any atom is -0.546 e. The van der Waals surface area contributed by atoms with E-state index in [-0.39, 0.29) is 11.1 Å². The molecule has 9 nitrogen and oxygen atoms in total. The number of ether oxygens (including phenoxy) is 2. The van der Waals surface area contributed by atoms with E-state index in [0.29, 0.717) is 11.5 Å². The fraction of sp³-hybridized carbons (Fsp3) is 0.371. The van der Waals surface area contributed by atoms with Crippen LogP contribution < -0.4 is 10.0 Å². The topological polar surface area (TPSA) is 134 Å². The Bertz CT molecular complexity index is 1350. The number of hydrogen-bond acceptors (Lipinski definition) is 7. The van der Waals surface area contributed by atoms with Gasteiger partial charge >= 0.3 is 17.9 Å². The molecule has 1 aliphatic carbocycles. The van der Waals surface area contributed by atoms with Gasteiger partial charge in [-0.15, -0.1) is 0 Å². The Hall–Kier alpha value is -4.21. The highest BCUT2D eigenvalue weighted by Gasteiger charge is 2.49. The highest BCUT2D eigenvalue weighted by molar-refractivity contribution is 6.30. The molecule has 2 N–H and O–H groups in total. The Kier molecular flexibility index (Phi) is 12.7. The highest BCUT2D eigenvalue weighted by atomic mass is 35.5. The lowest BCUT2D eigenvalue weighted by Gasteiger charge is -2.49. The molecule has 1 saturated carbocycles. The van der Waals surface area contributed by atoms with Crippen LogP contribution in [-0.4, -0.2) is 61.3 Å². The van der Waals surface area contributed by atoms with Gasteiger partial charge < -0.3 is 29.4 Å². The molecule has 240 valence electrons. The Morgan fingerprint density at radius 2 is 1.29 bits per heavy atom. The number of carbonyl (C=O) groups excluding carboxylic acids is 3. The van der Waals surface area contributed by atoms with Crippen molar-refractivity contribution in [1.29, 1.82) is 0 Å². The maximum absolute atomic E-state index is 12.0. The summed E-state index contributed by atoms with van der Waals surface area (Å²) in [6.45, 7) is 4.67. The molecule has 1 aliphatic rings. The fourth-order valence-corrected chi connectivity index (χ4v) is 5.78. The second-order valence-corrected chi connectivity index (χ2v) is 12.3. The molecule has 0 saturated heterocycles. The number of carbonyl (C=O) groups is 4. The van der Waals surface area contributed by atoms with Crippen molar-refractivity contribution in [1.82, 2.24) is 0 Å². The number of hydrogen-bond donors (Lipinski definition) is 2. The number of aliphatic carboxylic acids is 2. The van der Waals surface area contributed by atoms with Crippen molar-refractivity contribution < 1.29 is 43.8 Å². The first-order chi connectivity index (χ1) is 21.4. The molecule has 0 heterocycles. The summed E-state index contributed by atoms with van der Waals surface area (Å²) in [6, 6.07) is 24.0. The first-order valence-electron chi connectivity index (χ1n) is 14.9. The van der Waals surface area contributed by atoms with E-state index in [1.807, 2.05) is 12.1 Å². The molecule has 0 unspecified atom stereocenters. The van der Waals surface area contributed by atoms with Gasteiger partial charge in [0, 0.05) is 16.9 Å². The van der Waals surface area contributed by atoms with E-state index in [9.17, 15) is 29.4 Å². The SMILES string of the molecule is CC(C)C[C@H]([NH+](C)C)C1(c2ccc(Cl)cc2)CCC1.O=C(O[C@H](C(=O)[O-])[C@H](OC(=O)c1ccccc1)C(=O)O)c1ccccc1. The Morgan fingerprint density at radius 1 is 0.822 bits per heavy atom. The van der Waals surface area contributed by atoms with E-state index in [1.165, 1.54) is 79.8 Å². The molecule has 3 aromatic rings. The molecule has 4 rings (SSSR count). The Labute approximate surface area is 268 Å². The van der Waals surface area contributed by atoms with Crippen LogP contribution in [0.1, 0.15) is 65.8 Å². The molecule has 0 spiro atoms. The second kappa shape index (κ2) is 16.2. The molecule has 10 heteroatoms. The van der Waals surface area contributed by atoms with Gasteiger partial charge in [-0.3, -0.25) is 0 Å². The van der Waals surface area contributed by atoms with Gasteiger partial charge in [-0.05, 0) is 60.7 Å². The zero-order chi connectivity index (χ0) is 33.1. The molecule has 3 atom stereocenters. The third-order valence-corrected chi connectivity index (χ3v) is 8.23. The van der Waals surface area contributed by atoms with Crippen molar-refractivity contribution in [2.24, 2.45) is 5.92 Å². The maximum atomic E-state index is 12.0. The van der Waals surface area contributed by atoms with E-state index in [4.69, 9.17) is 21.1 Å². The summed E-state index contributed by atoms with van der Waals surface area (Å²) in [5.74, 6) is -5.24. The molecule has 45 heavy (non-hydrogen) atoms. The number of benzene rings is 3. The van der Waals surface area contributed by atoms with Crippen LogP contribution in [0.4, 0.5) is 0 Å². The Balaban J connectivity index is 0.000000257. The van der Waals surface area contributed by atoms with Gasteiger partial charge in [0.2, 0.25) is 6.10 Å². The molecular weight excluding hydrogens is 598 g/mol. The van der Waals surface area contributed by atoms with E-state index in [2.05, 4.69) is 40.1 Å². The highest BCUT2D eigenvalue weighted by Crippen LogP contribution is 2.47. The van der Waals surface area contributed by atoms with Crippen molar-refractivity contribution >= 4 is 35.5 Å². The average Bonchev–Trinajstić information content (AvgIpc) is 2.99. The van der Waals surface area contributed by atoms with E-state index < -0.39 is 36.1 Å². The predicted octanol–water partition coefficient (Wildman–Crippen LogP) is 3.59.